The van der Waals surface area contributed by atoms with E-state index in [4.69, 9.17) is 11.5 Å². The van der Waals surface area contributed by atoms with E-state index in [0.717, 1.165) is 16.5 Å². The lowest BCUT2D eigenvalue weighted by Crippen LogP contribution is -2.52. The third-order valence-corrected chi connectivity index (χ3v) is 6.59. The lowest BCUT2D eigenvalue weighted by Gasteiger charge is -2.26. The van der Waals surface area contributed by atoms with Crippen LogP contribution in [0.1, 0.15) is 18.4 Å². The normalized spacial score (nSPS) is 18.1. The molecular formula is C27H32N6O3. The minimum absolute atomic E-state index is 0.0130. The van der Waals surface area contributed by atoms with Gasteiger partial charge in [0.15, 0.2) is 0 Å². The predicted molar refractivity (Wildman–Crippen MR) is 139 cm³/mol. The van der Waals surface area contributed by atoms with Crippen LogP contribution in [-0.4, -0.2) is 59.3 Å². The lowest BCUT2D eigenvalue weighted by molar-refractivity contribution is -0.138. The molecule has 0 bridgehead atoms. The smallest absolute Gasteiger partial charge is 0.246 e. The number of nitrogens with two attached hydrogens (primary N) is 2. The number of hydrogen-bond acceptors (Lipinski definition) is 6. The van der Waals surface area contributed by atoms with Gasteiger partial charge < -0.3 is 27.0 Å². The minimum atomic E-state index is -0.797. The number of rotatable bonds is 9. The Labute approximate surface area is 210 Å². The first-order valence-electron chi connectivity index (χ1n) is 12.2. The summed E-state index contributed by atoms with van der Waals surface area (Å²) < 4.78 is 0. The molecule has 1 fully saturated rings. The average Bonchev–Trinajstić information content (AvgIpc) is 3.36. The van der Waals surface area contributed by atoms with Gasteiger partial charge in [-0.05, 0) is 61.6 Å². The van der Waals surface area contributed by atoms with Gasteiger partial charge in [0.2, 0.25) is 17.7 Å². The van der Waals surface area contributed by atoms with E-state index >= 15 is 0 Å². The molecule has 9 heteroatoms. The number of aryl methyl sites for hydroxylation is 1. The van der Waals surface area contributed by atoms with Crippen molar-refractivity contribution in [1.29, 1.82) is 0 Å². The van der Waals surface area contributed by atoms with Crippen molar-refractivity contribution < 1.29 is 14.4 Å². The second-order valence-corrected chi connectivity index (χ2v) is 9.09. The fraction of sp³-hybridized carbons (Fsp3) is 0.333. The molecule has 3 atom stereocenters. The zero-order valence-electron chi connectivity index (χ0n) is 20.1. The molecule has 4 rings (SSSR count). The van der Waals surface area contributed by atoms with Gasteiger partial charge in [0.05, 0.1) is 12.1 Å². The number of hydrogen-bond donors (Lipinski definition) is 4. The molecule has 6 N–H and O–H groups in total. The van der Waals surface area contributed by atoms with Crippen LogP contribution in [0.3, 0.4) is 0 Å². The molecule has 188 valence electrons. The van der Waals surface area contributed by atoms with Crippen LogP contribution in [-0.2, 0) is 20.8 Å². The molecule has 2 heterocycles. The zero-order chi connectivity index (χ0) is 25.5. The Morgan fingerprint density at radius 1 is 1.06 bits per heavy atom. The first-order chi connectivity index (χ1) is 17.5. The number of likely N-dealkylation sites (tertiary alicyclic amines) is 1. The van der Waals surface area contributed by atoms with Gasteiger partial charge in [0.25, 0.3) is 0 Å². The van der Waals surface area contributed by atoms with Crippen molar-refractivity contribution in [3.8, 4) is 0 Å². The molecule has 0 spiro atoms. The van der Waals surface area contributed by atoms with Gasteiger partial charge >= 0.3 is 0 Å². The fourth-order valence-corrected chi connectivity index (χ4v) is 4.61. The Morgan fingerprint density at radius 2 is 1.86 bits per heavy atom. The van der Waals surface area contributed by atoms with Crippen LogP contribution in [0.15, 0.2) is 66.9 Å². The van der Waals surface area contributed by atoms with Crippen LogP contribution in [0, 0.1) is 5.92 Å². The Hall–Kier alpha value is -3.82. The van der Waals surface area contributed by atoms with Gasteiger partial charge in [-0.25, -0.2) is 0 Å². The van der Waals surface area contributed by atoms with Crippen LogP contribution in [0.4, 0.5) is 5.69 Å². The minimum Gasteiger partial charge on any atom is -0.342 e. The Morgan fingerprint density at radius 3 is 2.61 bits per heavy atom. The van der Waals surface area contributed by atoms with Crippen molar-refractivity contribution in [1.82, 2.24) is 15.2 Å². The molecule has 1 aliphatic rings. The highest BCUT2D eigenvalue weighted by Gasteiger charge is 2.39. The Kier molecular flexibility index (Phi) is 8.24. The number of nitrogens with one attached hydrogen (secondary N) is 2. The molecule has 3 amide bonds. The summed E-state index contributed by atoms with van der Waals surface area (Å²) >= 11 is 0. The second-order valence-electron chi connectivity index (χ2n) is 9.09. The van der Waals surface area contributed by atoms with Crippen molar-refractivity contribution in [2.45, 2.75) is 31.3 Å². The van der Waals surface area contributed by atoms with Crippen molar-refractivity contribution in [3.05, 3.63) is 72.4 Å². The maximum Gasteiger partial charge on any atom is 0.246 e. The maximum absolute atomic E-state index is 13.4. The zero-order valence-corrected chi connectivity index (χ0v) is 20.1. The van der Waals surface area contributed by atoms with Crippen LogP contribution >= 0.6 is 0 Å². The monoisotopic (exact) mass is 488 g/mol. The van der Waals surface area contributed by atoms with E-state index in [1.54, 1.807) is 12.3 Å². The highest BCUT2D eigenvalue weighted by molar-refractivity contribution is 5.99. The highest BCUT2D eigenvalue weighted by Crippen LogP contribution is 2.23. The number of carbonyl (C=O) groups excluding carboxylic acids is 3. The molecular weight excluding hydrogens is 456 g/mol. The summed E-state index contributed by atoms with van der Waals surface area (Å²) in [5.74, 6) is -0.989. The van der Waals surface area contributed by atoms with Gasteiger partial charge in [-0.3, -0.25) is 19.4 Å². The van der Waals surface area contributed by atoms with E-state index in [-0.39, 0.29) is 30.2 Å². The predicted octanol–water partition coefficient (Wildman–Crippen LogP) is 1.43. The van der Waals surface area contributed by atoms with Crippen molar-refractivity contribution in [2.24, 2.45) is 17.4 Å². The molecule has 0 radical (unpaired) electrons. The number of pyridine rings is 1. The molecule has 1 saturated heterocycles. The Bertz CT molecular complexity index is 1220. The molecule has 9 nitrogen and oxygen atoms in total. The van der Waals surface area contributed by atoms with Gasteiger partial charge in [0, 0.05) is 23.8 Å². The number of aromatic nitrogens is 1. The van der Waals surface area contributed by atoms with Gasteiger partial charge in [-0.15, -0.1) is 0 Å². The van der Waals surface area contributed by atoms with E-state index in [2.05, 4.69) is 15.6 Å². The van der Waals surface area contributed by atoms with E-state index in [1.807, 2.05) is 54.6 Å². The third kappa shape index (κ3) is 6.05. The molecule has 0 saturated carbocycles. The van der Waals surface area contributed by atoms with Crippen LogP contribution in [0.2, 0.25) is 0 Å². The number of benzene rings is 2. The van der Waals surface area contributed by atoms with E-state index in [1.165, 1.54) is 4.90 Å². The van der Waals surface area contributed by atoms with Crippen molar-refractivity contribution >= 4 is 34.3 Å². The first-order valence-corrected chi connectivity index (χ1v) is 12.2. The summed E-state index contributed by atoms with van der Waals surface area (Å²) in [6, 6.07) is 17.5. The van der Waals surface area contributed by atoms with E-state index < -0.39 is 12.1 Å². The summed E-state index contributed by atoms with van der Waals surface area (Å²) in [4.78, 5) is 44.8. The molecule has 1 aliphatic heterocycles. The standard InChI is InChI=1S/C27H32N6O3/c28-15-19-13-24(33(17-19)25(34)16-29)27(36)32-23(10-8-18-5-2-1-3-6-18)26(35)31-21-9-11-22-20(14-21)7-4-12-30-22/h1-7,9,11-12,14,19,23-24H,8,10,13,15-17,28-29H2,(H,31,35)(H,32,36)/t19-,23-,24-/m1/s1. The van der Waals surface area contributed by atoms with Crippen LogP contribution in [0.25, 0.3) is 10.9 Å². The van der Waals surface area contributed by atoms with Gasteiger partial charge in [-0.1, -0.05) is 36.4 Å². The number of nitrogens with zero attached hydrogens (tertiary/aromatic N) is 2. The van der Waals surface area contributed by atoms with E-state index in [0.29, 0.717) is 38.0 Å². The summed E-state index contributed by atoms with van der Waals surface area (Å²) in [6.07, 6.45) is 3.16. The van der Waals surface area contributed by atoms with Crippen molar-refractivity contribution in [2.75, 3.05) is 25.0 Å². The molecule has 2 aromatic carbocycles. The molecule has 0 aliphatic carbocycles. The molecule has 3 aromatic rings. The van der Waals surface area contributed by atoms with Crippen LogP contribution < -0.4 is 22.1 Å². The molecule has 0 unspecified atom stereocenters. The van der Waals surface area contributed by atoms with Crippen molar-refractivity contribution in [3.63, 3.8) is 0 Å². The first kappa shape index (κ1) is 25.3. The van der Waals surface area contributed by atoms with E-state index in [9.17, 15) is 14.4 Å². The summed E-state index contributed by atoms with van der Waals surface area (Å²) in [6.45, 7) is 0.569. The third-order valence-electron chi connectivity index (χ3n) is 6.59. The van der Waals surface area contributed by atoms with Crippen LogP contribution in [0.5, 0.6) is 0 Å². The quantitative estimate of drug-likeness (QED) is 0.359. The number of fused-ring (bicyclic) bond motifs is 1. The maximum atomic E-state index is 13.4. The van der Waals surface area contributed by atoms with Gasteiger partial charge in [-0.2, -0.15) is 0 Å². The second kappa shape index (κ2) is 11.7. The fourth-order valence-electron chi connectivity index (χ4n) is 4.61. The number of anilines is 1. The number of carbonyl (C=O) groups is 3. The number of amides is 3. The summed E-state index contributed by atoms with van der Waals surface area (Å²) in [5.41, 5.74) is 13.9. The Balaban J connectivity index is 1.51. The lowest BCUT2D eigenvalue weighted by atomic mass is 10.0. The molecule has 1 aromatic heterocycles. The summed E-state index contributed by atoms with van der Waals surface area (Å²) in [5, 5.41) is 6.73. The van der Waals surface area contributed by atoms with Gasteiger partial charge in [0.1, 0.15) is 12.1 Å². The summed E-state index contributed by atoms with van der Waals surface area (Å²) in [7, 11) is 0. The topological polar surface area (TPSA) is 143 Å². The SMILES string of the molecule is NCC(=O)N1C[C@@H](CN)C[C@@H]1C(=O)N[C@H](CCc1ccccc1)C(=O)Nc1ccc2ncccc2c1. The average molecular weight is 489 g/mol. The largest absolute Gasteiger partial charge is 0.342 e. The highest BCUT2D eigenvalue weighted by atomic mass is 16.2. The molecule has 36 heavy (non-hydrogen) atoms.